The molecular weight excluding hydrogens is 1650 g/mol. The number of rotatable bonds is 81. The molecule has 0 aliphatic carbocycles. The molecule has 0 bridgehead atoms. The van der Waals surface area contributed by atoms with Crippen LogP contribution in [-0.4, -0.2) is 39.6 Å². The van der Waals surface area contributed by atoms with Crippen LogP contribution in [0.2, 0.25) is 0 Å². The molecule has 0 fully saturated rings. The number of unbranched alkanes of at least 4 members (excludes halogenated alkanes) is 54. The molecule has 0 saturated heterocycles. The van der Waals surface area contributed by atoms with Crippen molar-refractivity contribution in [3.8, 4) is 67.9 Å². The Hall–Kier alpha value is -8.43. The van der Waals surface area contributed by atoms with Gasteiger partial charge in [-0.2, -0.15) is 13.7 Å². The Morgan fingerprint density at radius 2 is 0.348 bits per heavy atom. The van der Waals surface area contributed by atoms with E-state index in [1.807, 2.05) is 0 Å². The van der Waals surface area contributed by atoms with Gasteiger partial charge >= 0.3 is 0 Å². The summed E-state index contributed by atoms with van der Waals surface area (Å²) < 4.78 is 48.0. The third kappa shape index (κ3) is 40.9. The van der Waals surface area contributed by atoms with Crippen LogP contribution >= 0.6 is 0 Å². The van der Waals surface area contributed by atoms with Gasteiger partial charge in [0.05, 0.1) is 55.8 Å². The smallest absolute Gasteiger partial charge is 0.213 e. The predicted molar refractivity (Wildman–Crippen MR) is 577 cm³/mol. The summed E-state index contributed by atoms with van der Waals surface area (Å²) in [6.07, 6.45) is 84.7. The second kappa shape index (κ2) is 68.6. The van der Waals surface area contributed by atoms with Crippen LogP contribution in [0.5, 0.6) is 34.5 Å². The Balaban J connectivity index is 0.943. The molecule has 10 rings (SSSR count). The highest BCUT2D eigenvalue weighted by molar-refractivity contribution is 5.95. The van der Waals surface area contributed by atoms with Crippen LogP contribution < -0.4 is 42.1 Å². The fourth-order valence-corrected chi connectivity index (χ4v) is 20.1. The molecule has 9 heteroatoms. The number of benzene rings is 7. The van der Waals surface area contributed by atoms with Crippen LogP contribution in [0.15, 0.2) is 182 Å². The first-order valence-electron chi connectivity index (χ1n) is 56.4. The first-order valence-corrected chi connectivity index (χ1v) is 56.4. The SMILES string of the molecule is CCCCCCCCCCCCOc1ccc(-c2cc[n+](Cc3cc(C[n+]4ccc(-c5ccc(OCCCCCCCCCCCC)c(OCCCCCCCCCCCC)c5)c5ccccc54)cc(C[n+]4ccc(-c5ccc(OCCCCCCCCCCCC)c(OCCCCCCCCCCCC)c5)c5ccccc54)c3)c3ccccc23)cc1OCCCCCCCCCCCC. The van der Waals surface area contributed by atoms with Crippen LogP contribution in [0, 0.1) is 0 Å². The Kier molecular flexibility index (Phi) is 55.2. The van der Waals surface area contributed by atoms with E-state index in [4.69, 9.17) is 28.4 Å². The normalized spacial score (nSPS) is 11.6. The Morgan fingerprint density at radius 1 is 0.170 bits per heavy atom. The topological polar surface area (TPSA) is 67.0 Å². The summed E-state index contributed by atoms with van der Waals surface area (Å²) in [5, 5.41) is 3.62. The summed E-state index contributed by atoms with van der Waals surface area (Å²) in [6.45, 7) is 20.0. The van der Waals surface area contributed by atoms with Crippen LogP contribution in [0.25, 0.3) is 66.1 Å². The maximum atomic E-state index is 6.84. The van der Waals surface area contributed by atoms with Gasteiger partial charge in [0.25, 0.3) is 0 Å². The van der Waals surface area contributed by atoms with Gasteiger partial charge in [-0.3, -0.25) is 0 Å². The molecule has 0 radical (unpaired) electrons. The molecule has 3 aromatic heterocycles. The maximum Gasteiger partial charge on any atom is 0.213 e. The number of nitrogens with zero attached hydrogens (tertiary/aromatic N) is 3. The lowest BCUT2D eigenvalue weighted by molar-refractivity contribution is -0.664. The minimum absolute atomic E-state index is 0.681. The van der Waals surface area contributed by atoms with Crippen molar-refractivity contribution >= 4 is 32.7 Å². The number of fused-ring (bicyclic) bond motifs is 3. The molecule has 0 saturated carbocycles. The minimum atomic E-state index is 0.681. The summed E-state index contributed by atoms with van der Waals surface area (Å²) in [7, 11) is 0. The van der Waals surface area contributed by atoms with Gasteiger partial charge in [-0.05, 0) is 128 Å². The Morgan fingerprint density at radius 3 is 0.548 bits per heavy atom. The molecule has 0 spiro atoms. The minimum Gasteiger partial charge on any atom is -0.490 e. The fourth-order valence-electron chi connectivity index (χ4n) is 20.1. The zero-order valence-electron chi connectivity index (χ0n) is 86.4. The summed E-state index contributed by atoms with van der Waals surface area (Å²) in [6, 6.07) is 61.7. The van der Waals surface area contributed by atoms with Crippen molar-refractivity contribution in [2.75, 3.05) is 39.6 Å². The quantitative estimate of drug-likeness (QED) is 0.0280. The largest absolute Gasteiger partial charge is 0.490 e. The summed E-state index contributed by atoms with van der Waals surface area (Å²) in [5.74, 6) is 5.13. The van der Waals surface area contributed by atoms with E-state index in [9.17, 15) is 0 Å². The van der Waals surface area contributed by atoms with Gasteiger partial charge in [0.1, 0.15) is 0 Å². The number of para-hydroxylation sites is 3. The molecule has 135 heavy (non-hydrogen) atoms. The van der Waals surface area contributed by atoms with E-state index in [-0.39, 0.29) is 0 Å². The van der Waals surface area contributed by atoms with E-state index >= 15 is 0 Å². The van der Waals surface area contributed by atoms with Gasteiger partial charge < -0.3 is 28.4 Å². The van der Waals surface area contributed by atoms with Crippen molar-refractivity contribution < 1.29 is 42.1 Å². The van der Waals surface area contributed by atoms with Crippen LogP contribution in [-0.2, 0) is 19.6 Å². The Labute approximate surface area is 822 Å². The van der Waals surface area contributed by atoms with Crippen molar-refractivity contribution in [1.29, 1.82) is 0 Å². The van der Waals surface area contributed by atoms with E-state index in [2.05, 4.69) is 238 Å². The number of aromatic nitrogens is 3. The molecular formula is C126H186N3O6+3. The maximum absolute atomic E-state index is 6.84. The second-order valence-corrected chi connectivity index (χ2v) is 39.9. The predicted octanol–water partition coefficient (Wildman–Crippen LogP) is 37.0. The number of hydrogen-bond donors (Lipinski definition) is 0. The first-order chi connectivity index (χ1) is 66.9. The average Bonchev–Trinajstić information content (AvgIpc) is 0.775. The summed E-state index contributed by atoms with van der Waals surface area (Å²) >= 11 is 0. The average molecular weight is 1840 g/mol. The molecule has 738 valence electrons. The van der Waals surface area contributed by atoms with Crippen molar-refractivity contribution in [2.45, 2.75) is 446 Å². The zero-order valence-corrected chi connectivity index (χ0v) is 86.4. The third-order valence-corrected chi connectivity index (χ3v) is 28.2. The third-order valence-electron chi connectivity index (χ3n) is 28.2. The molecule has 9 nitrogen and oxygen atoms in total. The highest BCUT2D eigenvalue weighted by Gasteiger charge is 2.24. The van der Waals surface area contributed by atoms with Gasteiger partial charge in [0, 0.05) is 69.8 Å². The monoisotopic (exact) mass is 1840 g/mol. The van der Waals surface area contributed by atoms with E-state index in [0.717, 1.165) is 89.7 Å². The first kappa shape index (κ1) is 109. The highest BCUT2D eigenvalue weighted by Crippen LogP contribution is 2.41. The van der Waals surface area contributed by atoms with E-state index in [1.54, 1.807) is 0 Å². The Bertz CT molecular complexity index is 4310. The van der Waals surface area contributed by atoms with E-state index in [1.165, 1.54) is 413 Å². The summed E-state index contributed by atoms with van der Waals surface area (Å²) in [4.78, 5) is 0. The van der Waals surface area contributed by atoms with Gasteiger partial charge in [-0.25, -0.2) is 0 Å². The van der Waals surface area contributed by atoms with E-state index in [0.29, 0.717) is 59.3 Å². The van der Waals surface area contributed by atoms with Crippen molar-refractivity contribution in [3.63, 3.8) is 0 Å². The van der Waals surface area contributed by atoms with Gasteiger partial charge in [-0.15, -0.1) is 0 Å². The standard InChI is InChI=1S/C126H186N3O6/c1-7-13-19-25-31-37-43-49-55-67-91-130-121-82-79-109(100-124(121)133-94-70-58-52-46-40-34-28-22-16-10-4)112-85-88-127(118-76-64-61-73-115(112)118)103-106-97-107(104-128-89-86-113(116-74-62-65-77-119(116)128)110-80-83-122(131-92-68-56-50-44-38-32-26-20-14-8-2)125(101-110)134-95-71-59-53-47-41-35-29-23-17-11-5)99-108(98-106)105-129-90-87-114(117-75-63-66-78-120(117)129)111-81-84-123(132-93-69-57-51-45-39-33-27-21-15-9-3)126(102-111)135-96-72-60-54-48-42-36-30-24-18-12-6/h61-66,73-90,97-102H,7-60,67-72,91-96,103-105H2,1-6H3/q+3. The molecule has 3 heterocycles. The highest BCUT2D eigenvalue weighted by atomic mass is 16.5. The molecule has 0 amide bonds. The van der Waals surface area contributed by atoms with Crippen molar-refractivity contribution in [2.24, 2.45) is 0 Å². The van der Waals surface area contributed by atoms with E-state index < -0.39 is 0 Å². The molecule has 0 N–H and O–H groups in total. The van der Waals surface area contributed by atoms with Crippen molar-refractivity contribution in [1.82, 2.24) is 0 Å². The number of hydrogen-bond acceptors (Lipinski definition) is 6. The number of pyridine rings is 3. The lowest BCUT2D eigenvalue weighted by Crippen LogP contribution is -2.37. The summed E-state index contributed by atoms with van der Waals surface area (Å²) in [5.41, 5.74) is 14.3. The molecule has 0 aliphatic rings. The lowest BCUT2D eigenvalue weighted by atomic mass is 9.99. The molecule has 0 aliphatic heterocycles. The molecule has 0 unspecified atom stereocenters. The second-order valence-electron chi connectivity index (χ2n) is 39.9. The fraction of sp³-hybridized carbons (Fsp3) is 0.595. The van der Waals surface area contributed by atoms with Crippen molar-refractivity contribution in [3.05, 3.63) is 199 Å². The number of ether oxygens (including phenoxy) is 6. The van der Waals surface area contributed by atoms with Gasteiger partial charge in [0.15, 0.2) is 72.7 Å². The van der Waals surface area contributed by atoms with Gasteiger partial charge in [0.2, 0.25) is 16.6 Å². The zero-order chi connectivity index (χ0) is 94.1. The van der Waals surface area contributed by atoms with Crippen LogP contribution in [0.1, 0.15) is 443 Å². The molecule has 10 aromatic rings. The van der Waals surface area contributed by atoms with Crippen LogP contribution in [0.3, 0.4) is 0 Å². The lowest BCUT2D eigenvalue weighted by Gasteiger charge is -2.16. The van der Waals surface area contributed by atoms with Crippen LogP contribution in [0.4, 0.5) is 0 Å². The molecule has 0 atom stereocenters. The molecule has 7 aromatic carbocycles. The van der Waals surface area contributed by atoms with Gasteiger partial charge in [-0.1, -0.05) is 443 Å².